The van der Waals surface area contributed by atoms with Crippen LogP contribution in [0.4, 0.5) is 4.39 Å². The molecule has 2 rings (SSSR count). The summed E-state index contributed by atoms with van der Waals surface area (Å²) in [5.41, 5.74) is 0.745. The van der Waals surface area contributed by atoms with E-state index in [1.54, 1.807) is 6.07 Å². The normalized spacial score (nSPS) is 21.9. The summed E-state index contributed by atoms with van der Waals surface area (Å²) >= 11 is 0. The molecule has 4 nitrogen and oxygen atoms in total. The molecule has 1 aromatic rings. The summed E-state index contributed by atoms with van der Waals surface area (Å²) in [6.45, 7) is 5.40. The molecule has 2 atom stereocenters. The maximum Gasteiger partial charge on any atom is 0.243 e. The number of sulfonamides is 1. The molecule has 0 heterocycles. The second-order valence-corrected chi connectivity index (χ2v) is 7.06. The van der Waals surface area contributed by atoms with E-state index in [0.717, 1.165) is 24.9 Å². The molecule has 0 bridgehead atoms. The van der Waals surface area contributed by atoms with Crippen molar-refractivity contribution in [2.24, 2.45) is 5.92 Å². The number of rotatable bonds is 7. The van der Waals surface area contributed by atoms with E-state index in [4.69, 9.17) is 0 Å². The third kappa shape index (κ3) is 3.77. The molecule has 1 aliphatic rings. The summed E-state index contributed by atoms with van der Waals surface area (Å²) in [6.07, 6.45) is 1.82. The largest absolute Gasteiger partial charge is 0.313 e. The van der Waals surface area contributed by atoms with E-state index in [1.807, 2.05) is 13.8 Å². The average Bonchev–Trinajstić information content (AvgIpc) is 3.04. The molecule has 1 aromatic carbocycles. The Labute approximate surface area is 119 Å². The van der Waals surface area contributed by atoms with Gasteiger partial charge in [-0.25, -0.2) is 17.5 Å². The Kier molecular flexibility index (Phi) is 4.78. The SMILES string of the molecule is CCCNCc1ccc(S(=O)(=O)NC2CC2C)c(F)c1. The number of hydrogen-bond donors (Lipinski definition) is 2. The number of hydrogen-bond acceptors (Lipinski definition) is 3. The van der Waals surface area contributed by atoms with E-state index < -0.39 is 15.8 Å². The molecule has 6 heteroatoms. The monoisotopic (exact) mass is 300 g/mol. The topological polar surface area (TPSA) is 58.2 Å². The van der Waals surface area contributed by atoms with Crippen LogP contribution in [0, 0.1) is 11.7 Å². The van der Waals surface area contributed by atoms with E-state index in [-0.39, 0.29) is 10.9 Å². The Morgan fingerprint density at radius 3 is 2.65 bits per heavy atom. The van der Waals surface area contributed by atoms with E-state index in [0.29, 0.717) is 12.5 Å². The molecule has 0 aromatic heterocycles. The zero-order valence-electron chi connectivity index (χ0n) is 11.8. The molecular weight excluding hydrogens is 279 g/mol. The minimum Gasteiger partial charge on any atom is -0.313 e. The van der Waals surface area contributed by atoms with E-state index in [2.05, 4.69) is 10.0 Å². The smallest absolute Gasteiger partial charge is 0.243 e. The third-order valence-corrected chi connectivity index (χ3v) is 4.98. The van der Waals surface area contributed by atoms with Gasteiger partial charge in [0.15, 0.2) is 0 Å². The van der Waals surface area contributed by atoms with Gasteiger partial charge in [0.1, 0.15) is 10.7 Å². The first-order valence-electron chi connectivity index (χ1n) is 6.95. The fourth-order valence-corrected chi connectivity index (χ4v) is 3.45. The highest BCUT2D eigenvalue weighted by Crippen LogP contribution is 2.31. The fourth-order valence-electron chi connectivity index (χ4n) is 2.03. The number of nitrogens with one attached hydrogen (secondary N) is 2. The zero-order chi connectivity index (χ0) is 14.8. The first kappa shape index (κ1) is 15.4. The fraction of sp³-hybridized carbons (Fsp3) is 0.571. The van der Waals surface area contributed by atoms with Crippen LogP contribution >= 0.6 is 0 Å². The zero-order valence-corrected chi connectivity index (χ0v) is 12.6. The molecule has 1 saturated carbocycles. The maximum atomic E-state index is 14.0. The summed E-state index contributed by atoms with van der Waals surface area (Å²) < 4.78 is 40.6. The Balaban J connectivity index is 2.08. The lowest BCUT2D eigenvalue weighted by atomic mass is 10.2. The van der Waals surface area contributed by atoms with Crippen molar-refractivity contribution in [1.29, 1.82) is 0 Å². The van der Waals surface area contributed by atoms with Gasteiger partial charge < -0.3 is 5.32 Å². The molecule has 0 aliphatic heterocycles. The Hall–Kier alpha value is -0.980. The van der Waals surface area contributed by atoms with Crippen LogP contribution in [-0.2, 0) is 16.6 Å². The first-order chi connectivity index (χ1) is 9.44. The predicted octanol–water partition coefficient (Wildman–Crippen LogP) is 2.01. The Bertz CT molecular complexity index is 575. The van der Waals surface area contributed by atoms with Crippen LogP contribution in [0.25, 0.3) is 0 Å². The maximum absolute atomic E-state index is 14.0. The summed E-state index contributed by atoms with van der Waals surface area (Å²) in [4.78, 5) is -0.268. The Morgan fingerprint density at radius 1 is 1.40 bits per heavy atom. The quantitative estimate of drug-likeness (QED) is 0.757. The lowest BCUT2D eigenvalue weighted by molar-refractivity contribution is 0.553. The minimum absolute atomic E-state index is 0.0507. The van der Waals surface area contributed by atoms with Crippen LogP contribution in [0.2, 0.25) is 0 Å². The predicted molar refractivity (Wildman–Crippen MR) is 76.3 cm³/mol. The number of halogens is 1. The standard InChI is InChI=1S/C14H21FN2O2S/c1-3-6-16-9-11-4-5-14(12(15)8-11)20(18,19)17-13-7-10(13)2/h4-5,8,10,13,16-17H,3,6-7,9H2,1-2H3. The van der Waals surface area contributed by atoms with Crippen LogP contribution < -0.4 is 10.0 Å². The molecule has 1 fully saturated rings. The van der Waals surface area contributed by atoms with Crippen molar-refractivity contribution < 1.29 is 12.8 Å². The van der Waals surface area contributed by atoms with Crippen molar-refractivity contribution >= 4 is 10.0 Å². The molecule has 0 spiro atoms. The molecule has 2 N–H and O–H groups in total. The van der Waals surface area contributed by atoms with Crippen LogP contribution in [0.15, 0.2) is 23.1 Å². The van der Waals surface area contributed by atoms with Gasteiger partial charge in [0, 0.05) is 12.6 Å². The summed E-state index contributed by atoms with van der Waals surface area (Å²) in [7, 11) is -3.75. The van der Waals surface area contributed by atoms with Gasteiger partial charge in [-0.15, -0.1) is 0 Å². The Morgan fingerprint density at radius 2 is 2.10 bits per heavy atom. The summed E-state index contributed by atoms with van der Waals surface area (Å²) in [6, 6.07) is 4.22. The van der Waals surface area contributed by atoms with Crippen molar-refractivity contribution in [3.63, 3.8) is 0 Å². The second kappa shape index (κ2) is 6.20. The van der Waals surface area contributed by atoms with Gasteiger partial charge in [0.2, 0.25) is 10.0 Å². The molecule has 112 valence electrons. The molecule has 2 unspecified atom stereocenters. The molecule has 1 aliphatic carbocycles. The van der Waals surface area contributed by atoms with E-state index in [1.165, 1.54) is 12.1 Å². The van der Waals surface area contributed by atoms with Crippen molar-refractivity contribution in [2.75, 3.05) is 6.54 Å². The van der Waals surface area contributed by atoms with Crippen molar-refractivity contribution in [2.45, 2.75) is 44.2 Å². The van der Waals surface area contributed by atoms with Crippen molar-refractivity contribution in [1.82, 2.24) is 10.0 Å². The molecular formula is C14H21FN2O2S. The van der Waals surface area contributed by atoms with Crippen LogP contribution in [0.1, 0.15) is 32.3 Å². The van der Waals surface area contributed by atoms with Crippen LogP contribution in [0.5, 0.6) is 0 Å². The third-order valence-electron chi connectivity index (χ3n) is 3.46. The van der Waals surface area contributed by atoms with Crippen LogP contribution in [0.3, 0.4) is 0 Å². The van der Waals surface area contributed by atoms with Gasteiger partial charge in [-0.05, 0) is 43.0 Å². The van der Waals surface area contributed by atoms with Crippen LogP contribution in [-0.4, -0.2) is 21.0 Å². The van der Waals surface area contributed by atoms with Gasteiger partial charge in [-0.1, -0.05) is 19.9 Å². The number of benzene rings is 1. The molecule has 20 heavy (non-hydrogen) atoms. The minimum atomic E-state index is -3.75. The van der Waals surface area contributed by atoms with Gasteiger partial charge >= 0.3 is 0 Å². The highest BCUT2D eigenvalue weighted by atomic mass is 32.2. The van der Waals surface area contributed by atoms with Gasteiger partial charge in [-0.3, -0.25) is 0 Å². The highest BCUT2D eigenvalue weighted by molar-refractivity contribution is 7.89. The lowest BCUT2D eigenvalue weighted by Crippen LogP contribution is -2.27. The van der Waals surface area contributed by atoms with Gasteiger partial charge in [0.25, 0.3) is 0 Å². The lowest BCUT2D eigenvalue weighted by Gasteiger charge is -2.09. The summed E-state index contributed by atoms with van der Waals surface area (Å²) in [5.74, 6) is -0.355. The molecule has 0 radical (unpaired) electrons. The van der Waals surface area contributed by atoms with Gasteiger partial charge in [0.05, 0.1) is 0 Å². The van der Waals surface area contributed by atoms with E-state index in [9.17, 15) is 12.8 Å². The second-order valence-electron chi connectivity index (χ2n) is 5.38. The molecule has 0 saturated heterocycles. The highest BCUT2D eigenvalue weighted by Gasteiger charge is 2.37. The van der Waals surface area contributed by atoms with E-state index >= 15 is 0 Å². The van der Waals surface area contributed by atoms with Crippen molar-refractivity contribution in [3.05, 3.63) is 29.6 Å². The molecule has 0 amide bonds. The average molecular weight is 300 g/mol. The van der Waals surface area contributed by atoms with Gasteiger partial charge in [-0.2, -0.15) is 0 Å². The summed E-state index contributed by atoms with van der Waals surface area (Å²) in [5, 5.41) is 3.15. The first-order valence-corrected chi connectivity index (χ1v) is 8.44. The van der Waals surface area contributed by atoms with Crippen molar-refractivity contribution in [3.8, 4) is 0 Å².